The molecule has 2 aliphatic heterocycles. The molecule has 1 spiro atoms. The van der Waals surface area contributed by atoms with Crippen molar-refractivity contribution in [1.29, 1.82) is 0 Å². The number of halogens is 3. The molecule has 2 aliphatic rings. The quantitative estimate of drug-likeness (QED) is 0.752. The number of alkyl halides is 3. The van der Waals surface area contributed by atoms with Gasteiger partial charge in [-0.15, -0.1) is 0 Å². The number of carbonyl (C=O) groups excluding carboxylic acids is 1. The van der Waals surface area contributed by atoms with E-state index in [0.29, 0.717) is 25.5 Å². The number of carboxylic acid groups (broad SMARTS) is 1. The number of piperidine rings is 1. The van der Waals surface area contributed by atoms with Gasteiger partial charge < -0.3 is 23.7 Å². The van der Waals surface area contributed by atoms with Gasteiger partial charge in [-0.1, -0.05) is 0 Å². The van der Waals surface area contributed by atoms with Gasteiger partial charge >= 0.3 is 12.1 Å². The highest BCUT2D eigenvalue weighted by Gasteiger charge is 2.41. The first-order valence-corrected chi connectivity index (χ1v) is 10.0. The van der Waals surface area contributed by atoms with Gasteiger partial charge in [-0.25, -0.2) is 9.78 Å². The third kappa shape index (κ3) is 5.88. The number of nitrogens with zero attached hydrogens (tertiary/aromatic N) is 4. The molecule has 0 unspecified atom stereocenters. The van der Waals surface area contributed by atoms with Gasteiger partial charge in [0.25, 0.3) is 5.91 Å². The minimum absolute atomic E-state index is 0.0388. The largest absolute Gasteiger partial charge is 0.490 e. The van der Waals surface area contributed by atoms with E-state index in [1.54, 1.807) is 18.4 Å². The Hall–Kier alpha value is -2.86. The lowest BCUT2D eigenvalue weighted by molar-refractivity contribution is -0.192. The molecule has 4 rings (SSSR count). The van der Waals surface area contributed by atoms with Crippen LogP contribution in [0.4, 0.5) is 13.2 Å². The number of aromatic nitrogens is 2. The number of hydrogen-bond donors (Lipinski definition) is 1. The van der Waals surface area contributed by atoms with Gasteiger partial charge in [0, 0.05) is 39.1 Å². The summed E-state index contributed by atoms with van der Waals surface area (Å²) in [6, 6.07) is 3.47. The molecule has 32 heavy (non-hydrogen) atoms. The minimum atomic E-state index is -5.08. The Morgan fingerprint density at radius 3 is 2.47 bits per heavy atom. The minimum Gasteiger partial charge on any atom is -0.475 e. The summed E-state index contributed by atoms with van der Waals surface area (Å²) in [5.41, 5.74) is -0.224. The normalized spacial score (nSPS) is 18.8. The van der Waals surface area contributed by atoms with Crippen molar-refractivity contribution in [3.63, 3.8) is 0 Å². The molecular weight excluding hydrogens is 433 g/mol. The maximum atomic E-state index is 12.6. The molecule has 9 nitrogen and oxygen atoms in total. The Balaban J connectivity index is 0.000000360. The van der Waals surface area contributed by atoms with Crippen molar-refractivity contribution in [2.45, 2.75) is 31.2 Å². The van der Waals surface area contributed by atoms with E-state index in [2.05, 4.69) is 14.5 Å². The van der Waals surface area contributed by atoms with Crippen molar-refractivity contribution >= 4 is 11.9 Å². The number of ether oxygens (including phenoxy) is 1. The zero-order valence-corrected chi connectivity index (χ0v) is 17.5. The van der Waals surface area contributed by atoms with Gasteiger partial charge in [0.05, 0.1) is 31.6 Å². The van der Waals surface area contributed by atoms with Crippen molar-refractivity contribution in [3.8, 4) is 0 Å². The summed E-state index contributed by atoms with van der Waals surface area (Å²) in [5, 5.41) is 7.12. The van der Waals surface area contributed by atoms with Gasteiger partial charge in [0.1, 0.15) is 5.82 Å². The molecule has 1 N–H and O–H groups in total. The Labute approximate surface area is 182 Å². The highest BCUT2D eigenvalue weighted by molar-refractivity contribution is 5.91. The van der Waals surface area contributed by atoms with Gasteiger partial charge in [0.15, 0.2) is 5.76 Å². The second-order valence-corrected chi connectivity index (χ2v) is 7.77. The number of furan rings is 1. The van der Waals surface area contributed by atoms with Crippen molar-refractivity contribution in [1.82, 2.24) is 19.4 Å². The van der Waals surface area contributed by atoms with Gasteiger partial charge in [0.2, 0.25) is 0 Å². The Bertz CT molecular complexity index is 905. The molecule has 0 saturated carbocycles. The van der Waals surface area contributed by atoms with E-state index in [0.717, 1.165) is 38.3 Å². The summed E-state index contributed by atoms with van der Waals surface area (Å²) in [4.78, 5) is 30.1. The van der Waals surface area contributed by atoms with Crippen LogP contribution in [-0.4, -0.2) is 80.9 Å². The molecule has 0 atom stereocenters. The molecule has 0 aromatic carbocycles. The molecule has 2 saturated heterocycles. The first kappa shape index (κ1) is 23.8. The number of morpholine rings is 1. The van der Waals surface area contributed by atoms with E-state index in [4.69, 9.17) is 19.1 Å². The lowest BCUT2D eigenvalue weighted by Crippen LogP contribution is -2.57. The van der Waals surface area contributed by atoms with Crippen LogP contribution in [0.25, 0.3) is 0 Å². The summed E-state index contributed by atoms with van der Waals surface area (Å²) in [6.45, 7) is 4.62. The third-order valence-corrected chi connectivity index (χ3v) is 5.56. The number of imidazole rings is 1. The molecule has 2 aromatic rings. The first-order valence-electron chi connectivity index (χ1n) is 10.0. The van der Waals surface area contributed by atoms with Crippen LogP contribution in [0.1, 0.15) is 29.2 Å². The van der Waals surface area contributed by atoms with Crippen molar-refractivity contribution in [2.24, 2.45) is 7.05 Å². The van der Waals surface area contributed by atoms with Crippen molar-refractivity contribution in [2.75, 3.05) is 32.8 Å². The Kier molecular flexibility index (Phi) is 7.24. The molecule has 0 aliphatic carbocycles. The first-order chi connectivity index (χ1) is 15.1. The fraction of sp³-hybridized carbons (Fsp3) is 0.550. The predicted molar refractivity (Wildman–Crippen MR) is 105 cm³/mol. The van der Waals surface area contributed by atoms with E-state index >= 15 is 0 Å². The lowest BCUT2D eigenvalue weighted by Gasteiger charge is -2.47. The van der Waals surface area contributed by atoms with Crippen LogP contribution in [0, 0.1) is 0 Å². The molecule has 2 fully saturated rings. The molecule has 1 amide bonds. The maximum absolute atomic E-state index is 12.6. The van der Waals surface area contributed by atoms with Gasteiger partial charge in [-0.05, 0) is 25.0 Å². The number of rotatable bonds is 3. The summed E-state index contributed by atoms with van der Waals surface area (Å²) < 4.78 is 45.2. The van der Waals surface area contributed by atoms with Crippen molar-refractivity contribution < 1.29 is 37.0 Å². The molecule has 0 radical (unpaired) electrons. The monoisotopic (exact) mass is 458 g/mol. The standard InChI is InChI=1S/C18H24N4O3.C2HF3O2/c1-20-9-6-19-16(20)13-21-7-4-18(5-8-21)14-22(10-12-25-18)17(23)15-3-2-11-24-15;3-2(4,5)1(6)7/h2-3,6,9,11H,4-5,7-8,10,12-14H2,1H3;(H,6,7). The van der Waals surface area contributed by atoms with Crippen LogP contribution in [0.15, 0.2) is 35.2 Å². The SMILES string of the molecule is Cn1ccnc1CN1CCC2(CC1)CN(C(=O)c1ccco1)CCO2.O=C(O)C(F)(F)F. The molecule has 12 heteroatoms. The number of aliphatic carboxylic acids is 1. The Morgan fingerprint density at radius 2 is 1.94 bits per heavy atom. The number of carboxylic acids is 1. The number of amides is 1. The number of aryl methyl sites for hydroxylation is 1. The van der Waals surface area contributed by atoms with Crippen molar-refractivity contribution in [3.05, 3.63) is 42.4 Å². The smallest absolute Gasteiger partial charge is 0.475 e. The zero-order valence-electron chi connectivity index (χ0n) is 17.5. The molecular formula is C20H25F3N4O5. The topological polar surface area (TPSA) is 101 Å². The number of hydrogen-bond acceptors (Lipinski definition) is 6. The van der Waals surface area contributed by atoms with Crippen LogP contribution in [0.3, 0.4) is 0 Å². The average Bonchev–Trinajstić information content (AvgIpc) is 3.42. The number of carbonyl (C=O) groups is 2. The summed E-state index contributed by atoms with van der Waals surface area (Å²) in [7, 11) is 2.02. The lowest BCUT2D eigenvalue weighted by atomic mass is 9.89. The Morgan fingerprint density at radius 1 is 1.25 bits per heavy atom. The highest BCUT2D eigenvalue weighted by atomic mass is 19.4. The predicted octanol–water partition coefficient (Wildman–Crippen LogP) is 2.15. The molecule has 176 valence electrons. The summed E-state index contributed by atoms with van der Waals surface area (Å²) in [6.07, 6.45) is 2.13. The van der Waals surface area contributed by atoms with E-state index < -0.39 is 12.1 Å². The van der Waals surface area contributed by atoms with Crippen LogP contribution in [0.2, 0.25) is 0 Å². The average molecular weight is 458 g/mol. The molecule has 0 bridgehead atoms. The van der Waals surface area contributed by atoms with Crippen LogP contribution in [0.5, 0.6) is 0 Å². The fourth-order valence-corrected chi connectivity index (χ4v) is 3.74. The van der Waals surface area contributed by atoms with E-state index in [1.165, 1.54) is 0 Å². The van der Waals surface area contributed by atoms with Crippen LogP contribution < -0.4 is 0 Å². The van der Waals surface area contributed by atoms with E-state index in [1.807, 2.05) is 24.3 Å². The molecule has 2 aromatic heterocycles. The second-order valence-electron chi connectivity index (χ2n) is 7.77. The third-order valence-electron chi connectivity index (χ3n) is 5.56. The maximum Gasteiger partial charge on any atom is 0.490 e. The van der Waals surface area contributed by atoms with Crippen LogP contribution in [-0.2, 0) is 23.1 Å². The zero-order chi connectivity index (χ0) is 23.4. The van der Waals surface area contributed by atoms with Crippen LogP contribution >= 0.6 is 0 Å². The van der Waals surface area contributed by atoms with Gasteiger partial charge in [-0.2, -0.15) is 13.2 Å². The molecule has 4 heterocycles. The van der Waals surface area contributed by atoms with Gasteiger partial charge in [-0.3, -0.25) is 9.69 Å². The second kappa shape index (κ2) is 9.74. The summed E-state index contributed by atoms with van der Waals surface area (Å²) in [5.74, 6) is -1.31. The fourth-order valence-electron chi connectivity index (χ4n) is 3.74. The van der Waals surface area contributed by atoms with E-state index in [9.17, 15) is 18.0 Å². The highest BCUT2D eigenvalue weighted by Crippen LogP contribution is 2.31. The number of likely N-dealkylation sites (tertiary alicyclic amines) is 1. The van der Waals surface area contributed by atoms with E-state index in [-0.39, 0.29) is 11.5 Å². The summed E-state index contributed by atoms with van der Waals surface area (Å²) >= 11 is 0.